The van der Waals surface area contributed by atoms with Crippen LogP contribution in [-0.4, -0.2) is 32.7 Å². The van der Waals surface area contributed by atoms with Crippen molar-refractivity contribution in [3.63, 3.8) is 0 Å². The summed E-state index contributed by atoms with van der Waals surface area (Å²) in [6.07, 6.45) is -4.50. The molecule has 0 spiro atoms. The van der Waals surface area contributed by atoms with Crippen molar-refractivity contribution < 1.29 is 37.0 Å². The maximum Gasteiger partial charge on any atom is 0.416 e. The molecule has 3 aromatic rings. The number of hydrogen-bond donors (Lipinski definition) is 1. The van der Waals surface area contributed by atoms with Crippen LogP contribution in [0.5, 0.6) is 5.75 Å². The molecule has 6 nitrogen and oxygen atoms in total. The Kier molecular flexibility index (Phi) is 10.2. The topological polar surface area (TPSA) is 73.9 Å². The number of hydrogen-bond acceptors (Lipinski definition) is 6. The minimum absolute atomic E-state index is 0.000154. The number of carbonyl (C=O) groups excluding carboxylic acids is 2. The maximum atomic E-state index is 13.5. The highest BCUT2D eigenvalue weighted by atomic mass is 35.5. The number of benzene rings is 3. The van der Waals surface area contributed by atoms with Crippen LogP contribution in [0.25, 0.3) is 11.1 Å². The van der Waals surface area contributed by atoms with Gasteiger partial charge in [-0.1, -0.05) is 35.9 Å². The number of carbonyl (C=O) groups is 2. The summed E-state index contributed by atoms with van der Waals surface area (Å²) in [4.78, 5) is 23.9. The van der Waals surface area contributed by atoms with Crippen molar-refractivity contribution in [3.05, 3.63) is 87.9 Å². The van der Waals surface area contributed by atoms with Crippen LogP contribution in [0.1, 0.15) is 28.7 Å². The lowest BCUT2D eigenvalue weighted by Crippen LogP contribution is -2.20. The molecule has 0 bridgehead atoms. The van der Waals surface area contributed by atoms with Gasteiger partial charge >= 0.3 is 18.1 Å². The lowest BCUT2D eigenvalue weighted by atomic mass is 9.94. The summed E-state index contributed by atoms with van der Waals surface area (Å²) in [5.74, 6) is -0.460. The van der Waals surface area contributed by atoms with Crippen LogP contribution in [-0.2, 0) is 44.8 Å². The molecule has 0 unspecified atom stereocenters. The van der Waals surface area contributed by atoms with Crippen molar-refractivity contribution in [1.29, 1.82) is 0 Å². The van der Waals surface area contributed by atoms with E-state index in [4.69, 9.17) is 25.8 Å². The Hall–Kier alpha value is -3.56. The molecule has 0 fully saturated rings. The number of methoxy groups -OCH3 is 2. The lowest BCUT2D eigenvalue weighted by Gasteiger charge is -2.17. The van der Waals surface area contributed by atoms with E-state index in [1.54, 1.807) is 42.5 Å². The number of alkyl halides is 3. The Balaban J connectivity index is 1.74. The number of esters is 2. The highest BCUT2D eigenvalue weighted by Gasteiger charge is 2.31. The van der Waals surface area contributed by atoms with Gasteiger partial charge in [-0.3, -0.25) is 9.59 Å². The molecule has 0 amide bonds. The number of ether oxygens (including phenoxy) is 3. The van der Waals surface area contributed by atoms with E-state index in [1.165, 1.54) is 20.3 Å². The van der Waals surface area contributed by atoms with Crippen molar-refractivity contribution in [3.8, 4) is 16.9 Å². The smallest absolute Gasteiger partial charge is 0.416 e. The fourth-order valence-corrected chi connectivity index (χ4v) is 3.85. The monoisotopic (exact) mass is 549 g/mol. The standard InChI is InChI=1S/C28H27ClF3NO5/c1-36-25-10-5-19(14-27(35)37-2)13-24(25)23-9-6-21(28(30,31)32)15-20(23)16-33-12-11-26(34)38-17-18-3-7-22(29)8-4-18/h3-10,13,15,33H,11-12,14,16-17H2,1-2H3. The molecule has 3 aromatic carbocycles. The average molecular weight is 550 g/mol. The minimum atomic E-state index is -4.53. The first-order chi connectivity index (χ1) is 18.1. The summed E-state index contributed by atoms with van der Waals surface area (Å²) in [5, 5.41) is 3.59. The maximum absolute atomic E-state index is 13.5. The predicted octanol–water partition coefficient (Wildman–Crippen LogP) is 5.97. The Morgan fingerprint density at radius 2 is 1.61 bits per heavy atom. The largest absolute Gasteiger partial charge is 0.496 e. The third-order valence-electron chi connectivity index (χ3n) is 5.70. The zero-order valence-electron chi connectivity index (χ0n) is 20.9. The molecular weight excluding hydrogens is 523 g/mol. The highest BCUT2D eigenvalue weighted by Crippen LogP contribution is 2.37. The lowest BCUT2D eigenvalue weighted by molar-refractivity contribution is -0.145. The first kappa shape index (κ1) is 29.0. The fourth-order valence-electron chi connectivity index (χ4n) is 3.72. The quantitative estimate of drug-likeness (QED) is 0.234. The van der Waals surface area contributed by atoms with Crippen LogP contribution in [0.15, 0.2) is 60.7 Å². The molecule has 0 saturated carbocycles. The van der Waals surface area contributed by atoms with E-state index in [9.17, 15) is 22.8 Å². The Morgan fingerprint density at radius 3 is 2.26 bits per heavy atom. The van der Waals surface area contributed by atoms with E-state index in [0.717, 1.165) is 17.7 Å². The Labute approximate surface area is 223 Å². The van der Waals surface area contributed by atoms with E-state index >= 15 is 0 Å². The van der Waals surface area contributed by atoms with Gasteiger partial charge < -0.3 is 19.5 Å². The molecule has 0 saturated heterocycles. The van der Waals surface area contributed by atoms with Crippen molar-refractivity contribution in [2.75, 3.05) is 20.8 Å². The SMILES string of the molecule is COC(=O)Cc1ccc(OC)c(-c2ccc(C(F)(F)F)cc2CNCCC(=O)OCc2ccc(Cl)cc2)c1. The van der Waals surface area contributed by atoms with Gasteiger partial charge in [0.25, 0.3) is 0 Å². The molecular formula is C28H27ClF3NO5. The van der Waals surface area contributed by atoms with E-state index in [-0.39, 0.29) is 32.5 Å². The molecule has 0 atom stereocenters. The second-order valence-corrected chi connectivity index (χ2v) is 8.81. The third-order valence-corrected chi connectivity index (χ3v) is 5.95. The van der Waals surface area contributed by atoms with Gasteiger partial charge in [-0.2, -0.15) is 13.2 Å². The van der Waals surface area contributed by atoms with Crippen molar-refractivity contribution in [2.45, 2.75) is 32.2 Å². The summed E-state index contributed by atoms with van der Waals surface area (Å²) in [7, 11) is 2.73. The molecule has 1 N–H and O–H groups in total. The number of nitrogens with one attached hydrogen (secondary N) is 1. The summed E-state index contributed by atoms with van der Waals surface area (Å²) in [6.45, 7) is 0.332. The molecule has 0 heterocycles. The van der Waals surface area contributed by atoms with E-state index in [0.29, 0.717) is 33.0 Å². The molecule has 10 heteroatoms. The Morgan fingerprint density at radius 1 is 0.895 bits per heavy atom. The van der Waals surface area contributed by atoms with Crippen molar-refractivity contribution in [1.82, 2.24) is 5.32 Å². The molecule has 0 radical (unpaired) electrons. The van der Waals surface area contributed by atoms with Gasteiger partial charge in [0, 0.05) is 23.7 Å². The molecule has 38 heavy (non-hydrogen) atoms. The minimum Gasteiger partial charge on any atom is -0.496 e. The summed E-state index contributed by atoms with van der Waals surface area (Å²) < 4.78 is 55.8. The normalized spacial score (nSPS) is 11.2. The molecule has 202 valence electrons. The second-order valence-electron chi connectivity index (χ2n) is 8.37. The van der Waals surface area contributed by atoms with Crippen LogP contribution in [0.3, 0.4) is 0 Å². The molecule has 0 aromatic heterocycles. The third kappa shape index (κ3) is 8.22. The van der Waals surface area contributed by atoms with Crippen LogP contribution < -0.4 is 10.1 Å². The van der Waals surface area contributed by atoms with Gasteiger partial charge in [-0.05, 0) is 58.7 Å². The zero-order chi connectivity index (χ0) is 27.7. The number of halogens is 4. The van der Waals surface area contributed by atoms with Gasteiger partial charge in [0.05, 0.1) is 32.6 Å². The van der Waals surface area contributed by atoms with Gasteiger partial charge in [-0.15, -0.1) is 0 Å². The fraction of sp³-hybridized carbons (Fsp3) is 0.286. The van der Waals surface area contributed by atoms with Crippen LogP contribution in [0, 0.1) is 0 Å². The molecule has 0 aliphatic rings. The summed E-state index contributed by atoms with van der Waals surface area (Å²) in [5.41, 5.74) is 1.98. The van der Waals surface area contributed by atoms with Crippen molar-refractivity contribution in [2.24, 2.45) is 0 Å². The van der Waals surface area contributed by atoms with E-state index in [1.807, 2.05) is 0 Å². The first-order valence-corrected chi connectivity index (χ1v) is 12.0. The molecule has 0 aliphatic heterocycles. The van der Waals surface area contributed by atoms with Gasteiger partial charge in [0.2, 0.25) is 0 Å². The van der Waals surface area contributed by atoms with Crippen molar-refractivity contribution >= 4 is 23.5 Å². The second kappa shape index (κ2) is 13.3. The van der Waals surface area contributed by atoms with Gasteiger partial charge in [-0.25, -0.2) is 0 Å². The first-order valence-electron chi connectivity index (χ1n) is 11.7. The van der Waals surface area contributed by atoms with Crippen LogP contribution >= 0.6 is 11.6 Å². The van der Waals surface area contributed by atoms with E-state index < -0.39 is 23.7 Å². The van der Waals surface area contributed by atoms with Gasteiger partial charge in [0.1, 0.15) is 12.4 Å². The van der Waals surface area contributed by atoms with E-state index in [2.05, 4.69) is 5.32 Å². The number of rotatable bonds is 11. The zero-order valence-corrected chi connectivity index (χ0v) is 21.6. The van der Waals surface area contributed by atoms with Crippen LogP contribution in [0.2, 0.25) is 5.02 Å². The predicted molar refractivity (Wildman–Crippen MR) is 137 cm³/mol. The highest BCUT2D eigenvalue weighted by molar-refractivity contribution is 6.30. The average Bonchev–Trinajstić information content (AvgIpc) is 2.90. The Bertz CT molecular complexity index is 1260. The molecule has 3 rings (SSSR count). The summed E-state index contributed by atoms with van der Waals surface area (Å²) in [6, 6.07) is 15.4. The summed E-state index contributed by atoms with van der Waals surface area (Å²) >= 11 is 5.84. The van der Waals surface area contributed by atoms with Gasteiger partial charge in [0.15, 0.2) is 0 Å². The molecule has 0 aliphatic carbocycles. The van der Waals surface area contributed by atoms with Crippen LogP contribution in [0.4, 0.5) is 13.2 Å².